The first kappa shape index (κ1) is 22.6. The fourth-order valence-electron chi connectivity index (χ4n) is 7.86. The Morgan fingerprint density at radius 1 is 0.476 bits per heavy atom. The summed E-state index contributed by atoms with van der Waals surface area (Å²) in [6.07, 6.45) is 0. The van der Waals surface area contributed by atoms with Crippen LogP contribution >= 0.6 is 11.8 Å². The molecular formula is C38H22N2OS. The molecule has 0 N–H and O–H groups in total. The molecule has 1 atom stereocenters. The van der Waals surface area contributed by atoms with Crippen molar-refractivity contribution in [1.29, 1.82) is 0 Å². The van der Waals surface area contributed by atoms with Gasteiger partial charge in [0.1, 0.15) is 0 Å². The highest BCUT2D eigenvalue weighted by atomic mass is 32.2. The van der Waals surface area contributed by atoms with Gasteiger partial charge in [-0.15, -0.1) is 0 Å². The van der Waals surface area contributed by atoms with E-state index in [1.165, 1.54) is 38.0 Å². The highest BCUT2D eigenvalue weighted by Gasteiger charge is 2.52. The molecule has 6 aromatic carbocycles. The van der Waals surface area contributed by atoms with E-state index in [9.17, 15) is 4.79 Å². The summed E-state index contributed by atoms with van der Waals surface area (Å²) in [5, 5.41) is 2.84. The molecule has 0 amide bonds. The van der Waals surface area contributed by atoms with E-state index in [-0.39, 0.29) is 5.56 Å². The zero-order valence-electron chi connectivity index (χ0n) is 22.4. The van der Waals surface area contributed by atoms with Gasteiger partial charge in [-0.3, -0.25) is 9.36 Å². The Balaban J connectivity index is 1.47. The summed E-state index contributed by atoms with van der Waals surface area (Å²) in [6.45, 7) is 0. The van der Waals surface area contributed by atoms with Gasteiger partial charge in [0.15, 0.2) is 0 Å². The first-order valence-corrected chi connectivity index (χ1v) is 15.1. The smallest absolute Gasteiger partial charge is 0.263 e. The van der Waals surface area contributed by atoms with Gasteiger partial charge in [0.25, 0.3) is 5.56 Å². The summed E-state index contributed by atoms with van der Waals surface area (Å²) in [5.41, 5.74) is 9.69. The zero-order chi connectivity index (χ0) is 27.6. The Hall–Kier alpha value is -5.06. The number of hydrogen-bond donors (Lipinski definition) is 0. The fraction of sp³-hybridized carbons (Fsp3) is 0.0263. The quantitative estimate of drug-likeness (QED) is 0.175. The van der Waals surface area contributed by atoms with Crippen molar-refractivity contribution in [2.75, 3.05) is 4.90 Å². The number of hydrogen-bond acceptors (Lipinski definition) is 3. The van der Waals surface area contributed by atoms with Crippen LogP contribution in [0.1, 0.15) is 22.3 Å². The van der Waals surface area contributed by atoms with Crippen LogP contribution in [0.15, 0.2) is 148 Å². The van der Waals surface area contributed by atoms with Gasteiger partial charge in [0.2, 0.25) is 0 Å². The minimum Gasteiger partial charge on any atom is -0.308 e. The number of nitrogens with zero attached hydrogens (tertiary/aromatic N) is 2. The van der Waals surface area contributed by atoms with Crippen LogP contribution in [0.2, 0.25) is 0 Å². The van der Waals surface area contributed by atoms with Crippen LogP contribution in [-0.4, -0.2) is 4.57 Å². The zero-order valence-corrected chi connectivity index (χ0v) is 23.2. The summed E-state index contributed by atoms with van der Waals surface area (Å²) in [4.78, 5) is 19.3. The molecule has 1 spiro atoms. The lowest BCUT2D eigenvalue weighted by atomic mass is 9.60. The summed E-state index contributed by atoms with van der Waals surface area (Å²) in [6, 6.07) is 47.4. The van der Waals surface area contributed by atoms with E-state index >= 15 is 0 Å². The second kappa shape index (κ2) is 7.81. The highest BCUT2D eigenvalue weighted by molar-refractivity contribution is 7.99. The van der Waals surface area contributed by atoms with Gasteiger partial charge in [0, 0.05) is 20.6 Å². The molecule has 3 nitrogen and oxygen atoms in total. The minimum absolute atomic E-state index is 0.0261. The molecule has 1 unspecified atom stereocenters. The van der Waals surface area contributed by atoms with Crippen LogP contribution in [0.3, 0.4) is 0 Å². The molecule has 0 fully saturated rings. The van der Waals surface area contributed by atoms with Crippen molar-refractivity contribution >= 4 is 50.5 Å². The van der Waals surface area contributed by atoms with Gasteiger partial charge < -0.3 is 4.90 Å². The molecule has 42 heavy (non-hydrogen) atoms. The third-order valence-corrected chi connectivity index (χ3v) is 10.5. The normalized spacial score (nSPS) is 17.1. The predicted octanol–water partition coefficient (Wildman–Crippen LogP) is 9.09. The molecule has 0 radical (unpaired) electrons. The van der Waals surface area contributed by atoms with E-state index in [4.69, 9.17) is 0 Å². The van der Waals surface area contributed by atoms with Crippen LogP contribution in [0, 0.1) is 0 Å². The summed E-state index contributed by atoms with van der Waals surface area (Å²) in [7, 11) is 0. The molecule has 3 aliphatic heterocycles. The van der Waals surface area contributed by atoms with Gasteiger partial charge in [-0.05, 0) is 64.0 Å². The van der Waals surface area contributed by atoms with E-state index in [1.54, 1.807) is 0 Å². The lowest BCUT2D eigenvalue weighted by molar-refractivity contribution is 0.705. The molecule has 0 bridgehead atoms. The molecule has 7 aromatic rings. The summed E-state index contributed by atoms with van der Waals surface area (Å²) >= 11 is 1.84. The van der Waals surface area contributed by atoms with Crippen molar-refractivity contribution < 1.29 is 0 Å². The molecule has 4 heteroatoms. The number of para-hydroxylation sites is 5. The highest BCUT2D eigenvalue weighted by Crippen LogP contribution is 2.65. The number of rotatable bonds is 0. The lowest BCUT2D eigenvalue weighted by Crippen LogP contribution is -2.42. The number of anilines is 3. The van der Waals surface area contributed by atoms with E-state index in [1.807, 2.05) is 34.5 Å². The van der Waals surface area contributed by atoms with Crippen molar-refractivity contribution in [1.82, 2.24) is 4.57 Å². The van der Waals surface area contributed by atoms with Crippen molar-refractivity contribution in [3.05, 3.63) is 166 Å². The molecule has 3 aliphatic rings. The average Bonchev–Trinajstić information content (AvgIpc) is 3.05. The van der Waals surface area contributed by atoms with Crippen molar-refractivity contribution in [3.63, 3.8) is 0 Å². The van der Waals surface area contributed by atoms with Gasteiger partial charge >= 0.3 is 0 Å². The maximum absolute atomic E-state index is 14.3. The SMILES string of the molecule is O=c1c2ccccc2c2cccc3c2n1-c1ccccc1C31c2ccccc2N2c3ccccc3Sc3cccc1c32. The third kappa shape index (κ3) is 2.50. The monoisotopic (exact) mass is 554 g/mol. The maximum atomic E-state index is 14.3. The van der Waals surface area contributed by atoms with E-state index in [0.717, 1.165) is 38.5 Å². The molecule has 4 heterocycles. The fourth-order valence-corrected chi connectivity index (χ4v) is 8.95. The summed E-state index contributed by atoms with van der Waals surface area (Å²) < 4.78 is 1.97. The predicted molar refractivity (Wildman–Crippen MR) is 171 cm³/mol. The largest absolute Gasteiger partial charge is 0.308 e. The van der Waals surface area contributed by atoms with Crippen LogP contribution in [0.5, 0.6) is 0 Å². The average molecular weight is 555 g/mol. The summed E-state index contributed by atoms with van der Waals surface area (Å²) in [5.74, 6) is 0. The number of pyridine rings is 1. The van der Waals surface area contributed by atoms with Gasteiger partial charge in [-0.25, -0.2) is 0 Å². The molecular weight excluding hydrogens is 532 g/mol. The van der Waals surface area contributed by atoms with E-state index < -0.39 is 5.41 Å². The van der Waals surface area contributed by atoms with Crippen LogP contribution in [0.4, 0.5) is 17.1 Å². The molecule has 10 rings (SSSR count). The topological polar surface area (TPSA) is 25.2 Å². The van der Waals surface area contributed by atoms with Crippen LogP contribution < -0.4 is 10.5 Å². The first-order chi connectivity index (χ1) is 20.8. The number of benzene rings is 6. The Kier molecular flexibility index (Phi) is 4.21. The Morgan fingerprint density at radius 3 is 1.90 bits per heavy atom. The van der Waals surface area contributed by atoms with Crippen molar-refractivity contribution in [3.8, 4) is 5.69 Å². The third-order valence-electron chi connectivity index (χ3n) is 9.36. The van der Waals surface area contributed by atoms with E-state index in [0.29, 0.717) is 0 Å². The van der Waals surface area contributed by atoms with Crippen LogP contribution in [-0.2, 0) is 5.41 Å². The Morgan fingerprint density at radius 2 is 1.05 bits per heavy atom. The minimum atomic E-state index is -0.615. The second-order valence-electron chi connectivity index (χ2n) is 11.2. The molecule has 1 aromatic heterocycles. The Labute approximate surface area is 246 Å². The number of aromatic nitrogens is 1. The second-order valence-corrected chi connectivity index (χ2v) is 12.3. The van der Waals surface area contributed by atoms with Crippen LogP contribution in [0.25, 0.3) is 27.4 Å². The molecule has 0 aliphatic carbocycles. The van der Waals surface area contributed by atoms with Crippen molar-refractivity contribution in [2.24, 2.45) is 0 Å². The van der Waals surface area contributed by atoms with Crippen molar-refractivity contribution in [2.45, 2.75) is 15.2 Å². The standard InChI is InChI=1S/C38H22N2OS/c41-37-25-12-2-1-11-23(25)24-13-9-16-28-35(24)40(37)31-19-6-4-15-27(31)38(28)26-14-3-5-18-30(26)39-32-20-7-8-21-33(32)42-34-22-10-17-29(38)36(34)39/h1-22H. The van der Waals surface area contributed by atoms with Gasteiger partial charge in [-0.1, -0.05) is 109 Å². The lowest BCUT2D eigenvalue weighted by Gasteiger charge is -2.50. The van der Waals surface area contributed by atoms with Gasteiger partial charge in [-0.2, -0.15) is 0 Å². The maximum Gasteiger partial charge on any atom is 0.263 e. The molecule has 0 saturated heterocycles. The van der Waals surface area contributed by atoms with E-state index in [2.05, 4.69) is 120 Å². The molecule has 196 valence electrons. The Bertz CT molecular complexity index is 2390. The first-order valence-electron chi connectivity index (χ1n) is 14.3. The number of fused-ring (bicyclic) bond motifs is 12. The molecule has 0 saturated carbocycles. The van der Waals surface area contributed by atoms with Gasteiger partial charge in [0.05, 0.1) is 33.7 Å².